The Labute approximate surface area is 99.0 Å². The second-order valence-electron chi connectivity index (χ2n) is 5.23. The lowest BCUT2D eigenvalue weighted by Crippen LogP contribution is -2.51. The van der Waals surface area contributed by atoms with Crippen LogP contribution in [-0.2, 0) is 0 Å². The molecule has 1 aromatic rings. The molecule has 1 saturated carbocycles. The lowest BCUT2D eigenvalue weighted by atomic mass is 9.95. The number of pyridine rings is 1. The number of allylic oxidation sites excluding steroid dienone is 1. The van der Waals surface area contributed by atoms with E-state index in [1.54, 1.807) is 12.4 Å². The molecule has 1 spiro atoms. The largest absolute Gasteiger partial charge is 0.369 e. The molecule has 17 heavy (non-hydrogen) atoms. The number of nitrogens with zero attached hydrogens (tertiary/aromatic N) is 2. The minimum Gasteiger partial charge on any atom is -0.369 e. The number of aromatic nitrogens is 1. The van der Waals surface area contributed by atoms with Crippen molar-refractivity contribution in [3.05, 3.63) is 30.6 Å². The first kappa shape index (κ1) is 10.7. The van der Waals surface area contributed by atoms with Crippen molar-refractivity contribution in [2.75, 3.05) is 18.0 Å². The fourth-order valence-corrected chi connectivity index (χ4v) is 2.43. The van der Waals surface area contributed by atoms with Crippen molar-refractivity contribution in [3.63, 3.8) is 0 Å². The lowest BCUT2D eigenvalue weighted by Gasteiger charge is -2.41. The van der Waals surface area contributed by atoms with Gasteiger partial charge >= 0.3 is 0 Å². The Hall–Kier alpha value is -1.45. The first-order valence-corrected chi connectivity index (χ1v) is 5.67. The van der Waals surface area contributed by atoms with E-state index in [1.165, 1.54) is 0 Å². The first-order chi connectivity index (χ1) is 7.94. The molecular weight excluding hydrogens is 222 g/mol. The molecule has 2 aliphatic rings. The molecule has 90 valence electrons. The van der Waals surface area contributed by atoms with Gasteiger partial charge in [-0.15, -0.1) is 0 Å². The van der Waals surface area contributed by atoms with Crippen molar-refractivity contribution in [1.29, 1.82) is 0 Å². The van der Waals surface area contributed by atoms with Crippen molar-refractivity contribution in [2.24, 2.45) is 5.41 Å². The summed E-state index contributed by atoms with van der Waals surface area (Å²) in [6, 6.07) is 1.96. The van der Waals surface area contributed by atoms with E-state index in [1.807, 2.05) is 17.9 Å². The first-order valence-electron chi connectivity index (χ1n) is 5.67. The number of alkyl halides is 2. The van der Waals surface area contributed by atoms with Gasteiger partial charge in [0.2, 0.25) is 0 Å². The Morgan fingerprint density at radius 2 is 2.06 bits per heavy atom. The smallest absolute Gasteiger partial charge is 0.258 e. The summed E-state index contributed by atoms with van der Waals surface area (Å²) in [7, 11) is 0. The van der Waals surface area contributed by atoms with Crippen molar-refractivity contribution in [1.82, 2.24) is 4.98 Å². The van der Waals surface area contributed by atoms with Crippen LogP contribution >= 0.6 is 0 Å². The molecule has 2 nitrogen and oxygen atoms in total. The van der Waals surface area contributed by atoms with E-state index in [4.69, 9.17) is 0 Å². The average molecular weight is 236 g/mol. The summed E-state index contributed by atoms with van der Waals surface area (Å²) >= 11 is 0. The Bertz CT molecular complexity index is 490. The third kappa shape index (κ3) is 1.47. The van der Waals surface area contributed by atoms with Crippen molar-refractivity contribution >= 4 is 11.3 Å². The maximum atomic E-state index is 13.1. The Morgan fingerprint density at radius 3 is 2.59 bits per heavy atom. The maximum absolute atomic E-state index is 13.1. The SMILES string of the molecule is C=C(C)c1cncc(N2CC3(C2)CC3(F)F)c1. The number of halogens is 2. The monoisotopic (exact) mass is 236 g/mol. The van der Waals surface area contributed by atoms with Crippen LogP contribution in [0.5, 0.6) is 0 Å². The molecule has 0 unspecified atom stereocenters. The third-order valence-corrected chi connectivity index (χ3v) is 3.78. The third-order valence-electron chi connectivity index (χ3n) is 3.78. The molecule has 0 atom stereocenters. The van der Waals surface area contributed by atoms with Crippen LogP contribution in [0.4, 0.5) is 14.5 Å². The summed E-state index contributed by atoms with van der Waals surface area (Å²) in [6.45, 7) is 6.66. The molecule has 0 bridgehead atoms. The molecule has 3 rings (SSSR count). The van der Waals surface area contributed by atoms with E-state index in [0.717, 1.165) is 16.8 Å². The minimum atomic E-state index is -2.44. The van der Waals surface area contributed by atoms with Crippen molar-refractivity contribution < 1.29 is 8.78 Å². The summed E-state index contributed by atoms with van der Waals surface area (Å²) in [5.74, 6) is -2.44. The van der Waals surface area contributed by atoms with Crippen LogP contribution in [-0.4, -0.2) is 24.0 Å². The fraction of sp³-hybridized carbons (Fsp3) is 0.462. The van der Waals surface area contributed by atoms with E-state index in [0.29, 0.717) is 13.1 Å². The summed E-state index contributed by atoms with van der Waals surface area (Å²) in [4.78, 5) is 6.08. The molecule has 1 aliphatic heterocycles. The van der Waals surface area contributed by atoms with Gasteiger partial charge in [0.05, 0.1) is 17.3 Å². The van der Waals surface area contributed by atoms with Gasteiger partial charge in [0.25, 0.3) is 5.92 Å². The topological polar surface area (TPSA) is 16.1 Å². The predicted molar refractivity (Wildman–Crippen MR) is 63.2 cm³/mol. The molecule has 2 fully saturated rings. The van der Waals surface area contributed by atoms with Gasteiger partial charge in [-0.2, -0.15) is 0 Å². The van der Waals surface area contributed by atoms with E-state index in [9.17, 15) is 8.78 Å². The second kappa shape index (κ2) is 3.06. The van der Waals surface area contributed by atoms with Gasteiger partial charge in [-0.3, -0.25) is 4.98 Å². The molecule has 0 aromatic carbocycles. The van der Waals surface area contributed by atoms with E-state index in [-0.39, 0.29) is 6.42 Å². The van der Waals surface area contributed by atoms with Crippen LogP contribution in [0.1, 0.15) is 18.9 Å². The van der Waals surface area contributed by atoms with Gasteiger partial charge in [0, 0.05) is 25.7 Å². The van der Waals surface area contributed by atoms with Crippen molar-refractivity contribution in [3.8, 4) is 0 Å². The zero-order valence-electron chi connectivity index (χ0n) is 9.71. The molecule has 0 amide bonds. The molecule has 0 radical (unpaired) electrons. The van der Waals surface area contributed by atoms with Crippen LogP contribution in [0.3, 0.4) is 0 Å². The molecule has 1 aliphatic carbocycles. The highest BCUT2D eigenvalue weighted by molar-refractivity contribution is 5.65. The van der Waals surface area contributed by atoms with Gasteiger partial charge in [-0.05, 0) is 24.1 Å². The van der Waals surface area contributed by atoms with Crippen LogP contribution < -0.4 is 4.90 Å². The van der Waals surface area contributed by atoms with Gasteiger partial charge in [0.1, 0.15) is 0 Å². The highest BCUT2D eigenvalue weighted by Gasteiger charge is 2.75. The number of rotatable bonds is 2. The fourth-order valence-electron chi connectivity index (χ4n) is 2.43. The summed E-state index contributed by atoms with van der Waals surface area (Å²) in [6.07, 6.45) is 3.51. The Morgan fingerprint density at radius 1 is 1.41 bits per heavy atom. The molecular formula is C13H14F2N2. The Balaban J connectivity index is 1.75. The van der Waals surface area contributed by atoms with Crippen molar-refractivity contribution in [2.45, 2.75) is 19.3 Å². The summed E-state index contributed by atoms with van der Waals surface area (Å²) in [5, 5.41) is 0. The molecule has 4 heteroatoms. The number of hydrogen-bond donors (Lipinski definition) is 0. The Kier molecular flexibility index (Phi) is 1.92. The normalized spacial score (nSPS) is 23.4. The van der Waals surface area contributed by atoms with Gasteiger partial charge < -0.3 is 4.90 Å². The van der Waals surface area contributed by atoms with Crippen LogP contribution in [0.15, 0.2) is 25.0 Å². The highest BCUT2D eigenvalue weighted by Crippen LogP contribution is 2.65. The predicted octanol–water partition coefficient (Wildman–Crippen LogP) is 2.96. The molecule has 0 N–H and O–H groups in total. The quantitative estimate of drug-likeness (QED) is 0.784. The zero-order chi connectivity index (χ0) is 12.3. The zero-order valence-corrected chi connectivity index (χ0v) is 9.71. The number of anilines is 1. The van der Waals surface area contributed by atoms with Crippen LogP contribution in [0.25, 0.3) is 5.57 Å². The minimum absolute atomic E-state index is 0.0457. The molecule has 1 saturated heterocycles. The standard InChI is InChI=1S/C13H14F2N2/c1-9(2)10-3-11(5-16-4-10)17-7-12(8-17)6-13(12,14)15/h3-5H,1,6-8H2,2H3. The van der Waals surface area contributed by atoms with Crippen LogP contribution in [0, 0.1) is 5.41 Å². The molecule has 1 aromatic heterocycles. The van der Waals surface area contributed by atoms with Gasteiger partial charge in [0.15, 0.2) is 0 Å². The maximum Gasteiger partial charge on any atom is 0.258 e. The summed E-state index contributed by atoms with van der Waals surface area (Å²) < 4.78 is 26.1. The highest BCUT2D eigenvalue weighted by atomic mass is 19.3. The molecule has 2 heterocycles. The second-order valence-corrected chi connectivity index (χ2v) is 5.23. The van der Waals surface area contributed by atoms with E-state index in [2.05, 4.69) is 11.6 Å². The van der Waals surface area contributed by atoms with E-state index >= 15 is 0 Å². The number of hydrogen-bond acceptors (Lipinski definition) is 2. The summed E-state index contributed by atoms with van der Waals surface area (Å²) in [5.41, 5.74) is 2.09. The van der Waals surface area contributed by atoms with Crippen LogP contribution in [0.2, 0.25) is 0 Å². The lowest BCUT2D eigenvalue weighted by molar-refractivity contribution is 0.0520. The average Bonchev–Trinajstić information content (AvgIpc) is 2.80. The van der Waals surface area contributed by atoms with Gasteiger partial charge in [-0.1, -0.05) is 6.58 Å². The van der Waals surface area contributed by atoms with Gasteiger partial charge in [-0.25, -0.2) is 8.78 Å². The van der Waals surface area contributed by atoms with E-state index < -0.39 is 11.3 Å².